The van der Waals surface area contributed by atoms with Crippen LogP contribution in [0.15, 0.2) is 36.4 Å². The number of benzene rings is 2. The summed E-state index contributed by atoms with van der Waals surface area (Å²) >= 11 is 0. The third-order valence-electron chi connectivity index (χ3n) is 3.91. The van der Waals surface area contributed by atoms with Crippen molar-refractivity contribution in [3.63, 3.8) is 0 Å². The van der Waals surface area contributed by atoms with E-state index in [0.29, 0.717) is 24.0 Å². The van der Waals surface area contributed by atoms with Gasteiger partial charge in [0.2, 0.25) is 0 Å². The molecule has 0 aromatic heterocycles. The molecule has 0 atom stereocenters. The van der Waals surface area contributed by atoms with Crippen LogP contribution in [0.3, 0.4) is 0 Å². The van der Waals surface area contributed by atoms with E-state index in [0.717, 1.165) is 18.9 Å². The van der Waals surface area contributed by atoms with Gasteiger partial charge in [-0.2, -0.15) is 13.2 Å². The lowest BCUT2D eigenvalue weighted by Gasteiger charge is -2.22. The molecular formula is C18H20F3NO. The number of carbonyl (C=O) groups excluding carboxylic acids is 1. The van der Waals surface area contributed by atoms with E-state index in [2.05, 4.69) is 0 Å². The van der Waals surface area contributed by atoms with Crippen molar-refractivity contribution in [3.05, 3.63) is 47.5 Å². The third kappa shape index (κ3) is 3.66. The molecule has 0 fully saturated rings. The fraction of sp³-hybridized carbons (Fsp3) is 0.389. The number of alkyl halides is 3. The summed E-state index contributed by atoms with van der Waals surface area (Å²) in [5, 5.41) is 0.416. The predicted molar refractivity (Wildman–Crippen MR) is 85.4 cm³/mol. The Morgan fingerprint density at radius 2 is 1.70 bits per heavy atom. The lowest BCUT2D eigenvalue weighted by atomic mass is 9.99. The Kier molecular flexibility index (Phi) is 5.29. The van der Waals surface area contributed by atoms with Crippen LogP contribution in [0.4, 0.5) is 13.2 Å². The molecule has 2 aromatic carbocycles. The van der Waals surface area contributed by atoms with Gasteiger partial charge in [0, 0.05) is 18.7 Å². The molecule has 124 valence electrons. The molecule has 0 saturated heterocycles. The van der Waals surface area contributed by atoms with Gasteiger partial charge in [0.05, 0.1) is 5.56 Å². The number of unbranched alkanes of at least 4 members (excludes halogenated alkanes) is 1. The smallest absolute Gasteiger partial charge is 0.339 e. The number of hydrogen-bond donors (Lipinski definition) is 0. The Labute approximate surface area is 133 Å². The van der Waals surface area contributed by atoms with Crippen molar-refractivity contribution in [2.75, 3.05) is 13.1 Å². The van der Waals surface area contributed by atoms with Crippen LogP contribution in [0, 0.1) is 0 Å². The molecule has 0 N–H and O–H groups in total. The Morgan fingerprint density at radius 3 is 2.30 bits per heavy atom. The van der Waals surface area contributed by atoms with Crippen LogP contribution in [0.5, 0.6) is 0 Å². The summed E-state index contributed by atoms with van der Waals surface area (Å²) in [7, 11) is 0. The monoisotopic (exact) mass is 323 g/mol. The zero-order valence-corrected chi connectivity index (χ0v) is 13.3. The minimum Gasteiger partial charge on any atom is -0.339 e. The molecule has 0 aliphatic rings. The van der Waals surface area contributed by atoms with Gasteiger partial charge in [-0.25, -0.2) is 0 Å². The van der Waals surface area contributed by atoms with E-state index in [1.54, 1.807) is 17.0 Å². The van der Waals surface area contributed by atoms with Crippen molar-refractivity contribution in [2.45, 2.75) is 32.9 Å². The summed E-state index contributed by atoms with van der Waals surface area (Å²) in [6.45, 7) is 5.06. The van der Waals surface area contributed by atoms with E-state index in [1.165, 1.54) is 18.2 Å². The van der Waals surface area contributed by atoms with Crippen molar-refractivity contribution >= 4 is 16.7 Å². The molecule has 1 amide bonds. The number of rotatable bonds is 5. The molecule has 0 bridgehead atoms. The van der Waals surface area contributed by atoms with Crippen molar-refractivity contribution in [1.82, 2.24) is 4.90 Å². The summed E-state index contributed by atoms with van der Waals surface area (Å²) in [6, 6.07) is 8.50. The van der Waals surface area contributed by atoms with Crippen LogP contribution in [0.25, 0.3) is 10.8 Å². The average molecular weight is 323 g/mol. The maximum absolute atomic E-state index is 13.1. The number of hydrogen-bond acceptors (Lipinski definition) is 1. The van der Waals surface area contributed by atoms with Gasteiger partial charge in [0.15, 0.2) is 0 Å². The normalized spacial score (nSPS) is 11.7. The fourth-order valence-corrected chi connectivity index (χ4v) is 2.67. The molecule has 0 radical (unpaired) electrons. The average Bonchev–Trinajstić information content (AvgIpc) is 2.53. The summed E-state index contributed by atoms with van der Waals surface area (Å²) < 4.78 is 39.4. The number of amides is 1. The molecule has 23 heavy (non-hydrogen) atoms. The van der Waals surface area contributed by atoms with Crippen molar-refractivity contribution < 1.29 is 18.0 Å². The predicted octanol–water partition coefficient (Wildman–Crippen LogP) is 5.12. The quantitative estimate of drug-likeness (QED) is 0.748. The topological polar surface area (TPSA) is 20.3 Å². The summed E-state index contributed by atoms with van der Waals surface area (Å²) in [4.78, 5) is 14.4. The number of fused-ring (bicyclic) bond motifs is 1. The molecule has 2 rings (SSSR count). The Morgan fingerprint density at radius 1 is 1.04 bits per heavy atom. The first-order valence-corrected chi connectivity index (χ1v) is 7.78. The van der Waals surface area contributed by atoms with E-state index in [1.807, 2.05) is 13.8 Å². The molecule has 2 nitrogen and oxygen atoms in total. The van der Waals surface area contributed by atoms with E-state index in [9.17, 15) is 18.0 Å². The molecule has 0 unspecified atom stereocenters. The molecular weight excluding hydrogens is 303 g/mol. The molecule has 0 saturated carbocycles. The first-order chi connectivity index (χ1) is 10.9. The van der Waals surface area contributed by atoms with Gasteiger partial charge in [0.1, 0.15) is 0 Å². The fourth-order valence-electron chi connectivity index (χ4n) is 2.67. The Bertz CT molecular complexity index is 694. The van der Waals surface area contributed by atoms with E-state index in [-0.39, 0.29) is 11.3 Å². The van der Waals surface area contributed by atoms with Crippen LogP contribution < -0.4 is 0 Å². The van der Waals surface area contributed by atoms with Gasteiger partial charge in [0.25, 0.3) is 5.91 Å². The summed E-state index contributed by atoms with van der Waals surface area (Å²) in [6.07, 6.45) is -2.61. The Balaban J connectivity index is 2.52. The highest BCUT2D eigenvalue weighted by Crippen LogP contribution is 2.35. The molecule has 2 aromatic rings. The molecule has 0 aliphatic carbocycles. The molecule has 0 spiro atoms. The van der Waals surface area contributed by atoms with Crippen LogP contribution in [0.2, 0.25) is 0 Å². The standard InChI is InChI=1S/C18H20F3NO/c1-3-5-12-22(4-2)17(23)15-10-6-9-14-13(15)8-7-11-16(14)18(19,20)21/h6-11H,3-5,12H2,1-2H3. The third-order valence-corrected chi connectivity index (χ3v) is 3.91. The summed E-state index contributed by atoms with van der Waals surface area (Å²) in [5.41, 5.74) is -0.382. The molecule has 0 aliphatic heterocycles. The highest BCUT2D eigenvalue weighted by Gasteiger charge is 2.32. The highest BCUT2D eigenvalue weighted by atomic mass is 19.4. The van der Waals surface area contributed by atoms with Crippen molar-refractivity contribution in [2.24, 2.45) is 0 Å². The maximum atomic E-state index is 13.1. The first kappa shape index (κ1) is 17.3. The summed E-state index contributed by atoms with van der Waals surface area (Å²) in [5.74, 6) is -0.217. The first-order valence-electron chi connectivity index (χ1n) is 7.78. The largest absolute Gasteiger partial charge is 0.417 e. The second kappa shape index (κ2) is 7.02. The molecule has 0 heterocycles. The van der Waals surface area contributed by atoms with Crippen LogP contribution in [-0.4, -0.2) is 23.9 Å². The van der Waals surface area contributed by atoms with Crippen LogP contribution in [0.1, 0.15) is 42.6 Å². The van der Waals surface area contributed by atoms with E-state index < -0.39 is 11.7 Å². The van der Waals surface area contributed by atoms with Crippen molar-refractivity contribution in [3.8, 4) is 0 Å². The van der Waals surface area contributed by atoms with Gasteiger partial charge in [-0.3, -0.25) is 4.79 Å². The maximum Gasteiger partial charge on any atom is 0.417 e. The Hall–Kier alpha value is -2.04. The van der Waals surface area contributed by atoms with Gasteiger partial charge in [-0.05, 0) is 36.2 Å². The van der Waals surface area contributed by atoms with Crippen LogP contribution >= 0.6 is 0 Å². The zero-order valence-electron chi connectivity index (χ0n) is 13.3. The molecule has 5 heteroatoms. The lowest BCUT2D eigenvalue weighted by molar-refractivity contribution is -0.136. The van der Waals surface area contributed by atoms with Crippen molar-refractivity contribution in [1.29, 1.82) is 0 Å². The zero-order chi connectivity index (χ0) is 17.0. The second-order valence-electron chi connectivity index (χ2n) is 5.44. The van der Waals surface area contributed by atoms with E-state index in [4.69, 9.17) is 0 Å². The van der Waals surface area contributed by atoms with Crippen LogP contribution in [-0.2, 0) is 6.18 Å². The van der Waals surface area contributed by atoms with Gasteiger partial charge in [-0.15, -0.1) is 0 Å². The second-order valence-corrected chi connectivity index (χ2v) is 5.44. The van der Waals surface area contributed by atoms with Gasteiger partial charge in [-0.1, -0.05) is 37.6 Å². The highest BCUT2D eigenvalue weighted by molar-refractivity contribution is 6.07. The minimum absolute atomic E-state index is 0.0670. The van der Waals surface area contributed by atoms with Gasteiger partial charge < -0.3 is 4.90 Å². The number of halogens is 3. The SMILES string of the molecule is CCCCN(CC)C(=O)c1cccc2c(C(F)(F)F)cccc12. The number of nitrogens with zero attached hydrogens (tertiary/aromatic N) is 1. The minimum atomic E-state index is -4.44. The lowest BCUT2D eigenvalue weighted by Crippen LogP contribution is -2.31. The van der Waals surface area contributed by atoms with E-state index >= 15 is 0 Å². The van der Waals surface area contributed by atoms with Gasteiger partial charge >= 0.3 is 6.18 Å². The number of carbonyl (C=O) groups is 1.